The zero-order valence-electron chi connectivity index (χ0n) is 13.7. The molecule has 2 heterocycles. The average Bonchev–Trinajstić information content (AvgIpc) is 3.10. The maximum Gasteiger partial charge on any atom is 0.344 e. The van der Waals surface area contributed by atoms with Gasteiger partial charge in [-0.3, -0.25) is 4.79 Å². The second-order valence-corrected chi connectivity index (χ2v) is 5.29. The monoisotopic (exact) mass is 358 g/mol. The molecule has 9 nitrogen and oxygen atoms in total. The van der Waals surface area contributed by atoms with Crippen LogP contribution in [0.3, 0.4) is 0 Å². The lowest BCUT2D eigenvalue weighted by Gasteiger charge is -2.08. The van der Waals surface area contributed by atoms with E-state index in [1.54, 1.807) is 19.1 Å². The summed E-state index contributed by atoms with van der Waals surface area (Å²) < 4.78 is 19.7. The number of fused-ring (bicyclic) bond motifs is 1. The molecule has 0 aliphatic carbocycles. The lowest BCUT2D eigenvalue weighted by atomic mass is 10.1. The van der Waals surface area contributed by atoms with E-state index in [-0.39, 0.29) is 5.82 Å². The highest BCUT2D eigenvalue weighted by molar-refractivity contribution is 5.91. The van der Waals surface area contributed by atoms with Crippen LogP contribution in [-0.4, -0.2) is 30.2 Å². The van der Waals surface area contributed by atoms with Gasteiger partial charge in [0.1, 0.15) is 17.6 Å². The number of ether oxygens (including phenoxy) is 2. The highest BCUT2D eigenvalue weighted by atomic mass is 16.6. The van der Waals surface area contributed by atoms with Crippen molar-refractivity contribution in [3.05, 3.63) is 52.6 Å². The SMILES string of the molecule is Cc1cc(=O)oc2cc(OCC(=O)OCC(=O)Nc3ccon3)ccc12. The van der Waals surface area contributed by atoms with Crippen LogP contribution in [0.4, 0.5) is 5.82 Å². The van der Waals surface area contributed by atoms with Gasteiger partial charge in [0, 0.05) is 23.6 Å². The third-order valence-electron chi connectivity index (χ3n) is 3.35. The minimum absolute atomic E-state index is 0.218. The van der Waals surface area contributed by atoms with Crippen LogP contribution in [0.5, 0.6) is 5.75 Å². The largest absolute Gasteiger partial charge is 0.482 e. The number of esters is 1. The summed E-state index contributed by atoms with van der Waals surface area (Å²) in [6.45, 7) is 0.904. The van der Waals surface area contributed by atoms with Crippen LogP contribution in [0.15, 0.2) is 50.3 Å². The topological polar surface area (TPSA) is 121 Å². The van der Waals surface area contributed by atoms with E-state index in [2.05, 4.69) is 15.0 Å². The molecule has 0 atom stereocenters. The summed E-state index contributed by atoms with van der Waals surface area (Å²) >= 11 is 0. The van der Waals surface area contributed by atoms with Crippen LogP contribution in [0, 0.1) is 6.92 Å². The van der Waals surface area contributed by atoms with Gasteiger partial charge in [-0.1, -0.05) is 5.16 Å². The number of nitrogens with one attached hydrogen (secondary N) is 1. The van der Waals surface area contributed by atoms with Crippen molar-refractivity contribution < 1.29 is 28.0 Å². The molecule has 0 spiro atoms. The molecule has 0 radical (unpaired) electrons. The number of carbonyl (C=O) groups is 2. The molecule has 3 rings (SSSR count). The molecule has 1 amide bonds. The minimum atomic E-state index is -0.730. The van der Waals surface area contributed by atoms with Crippen LogP contribution in [0.1, 0.15) is 5.56 Å². The Labute approximate surface area is 146 Å². The minimum Gasteiger partial charge on any atom is -0.482 e. The molecule has 0 aliphatic rings. The van der Waals surface area contributed by atoms with Gasteiger partial charge < -0.3 is 23.7 Å². The summed E-state index contributed by atoms with van der Waals surface area (Å²) in [7, 11) is 0. The normalized spacial score (nSPS) is 10.5. The molecule has 3 aromatic rings. The molecule has 2 aromatic heterocycles. The summed E-state index contributed by atoms with van der Waals surface area (Å²) in [5, 5.41) is 6.64. The molecule has 1 aromatic carbocycles. The number of nitrogens with zero attached hydrogens (tertiary/aromatic N) is 1. The van der Waals surface area contributed by atoms with Gasteiger partial charge in [-0.2, -0.15) is 0 Å². The third kappa shape index (κ3) is 4.26. The van der Waals surface area contributed by atoms with Gasteiger partial charge in [0.05, 0.1) is 0 Å². The van der Waals surface area contributed by atoms with Gasteiger partial charge in [-0.15, -0.1) is 0 Å². The fourth-order valence-electron chi connectivity index (χ4n) is 2.18. The molecule has 1 N–H and O–H groups in total. The van der Waals surface area contributed by atoms with E-state index in [4.69, 9.17) is 13.9 Å². The fraction of sp³-hybridized carbons (Fsp3) is 0.176. The van der Waals surface area contributed by atoms with Gasteiger partial charge >= 0.3 is 11.6 Å². The lowest BCUT2D eigenvalue weighted by Crippen LogP contribution is -2.23. The molecular formula is C17H14N2O7. The molecule has 0 saturated carbocycles. The second kappa shape index (κ2) is 7.51. The van der Waals surface area contributed by atoms with Gasteiger partial charge in [0.2, 0.25) is 0 Å². The Morgan fingerprint density at radius 3 is 2.81 bits per heavy atom. The number of amides is 1. The average molecular weight is 358 g/mol. The third-order valence-corrected chi connectivity index (χ3v) is 3.35. The molecule has 9 heteroatoms. The Bertz CT molecular complexity index is 992. The predicted octanol–water partition coefficient (Wildman–Crippen LogP) is 1.65. The highest BCUT2D eigenvalue weighted by Crippen LogP contribution is 2.22. The van der Waals surface area contributed by atoms with Gasteiger partial charge in [0.15, 0.2) is 19.0 Å². The van der Waals surface area contributed by atoms with E-state index in [0.717, 1.165) is 10.9 Å². The van der Waals surface area contributed by atoms with Crippen molar-refractivity contribution in [2.45, 2.75) is 6.92 Å². The number of carbonyl (C=O) groups excluding carboxylic acids is 2. The van der Waals surface area contributed by atoms with Gasteiger partial charge in [-0.05, 0) is 24.6 Å². The summed E-state index contributed by atoms with van der Waals surface area (Å²) in [5.41, 5.74) is 0.665. The number of aromatic nitrogens is 1. The standard InChI is InChI=1S/C17H14N2O7/c1-10-6-16(21)26-13-7-11(2-3-12(10)13)23-9-17(22)24-8-15(20)18-14-4-5-25-19-14/h2-7H,8-9H2,1H3,(H,18,19,20). The Morgan fingerprint density at radius 1 is 1.19 bits per heavy atom. The first-order chi connectivity index (χ1) is 12.5. The predicted molar refractivity (Wildman–Crippen MR) is 88.8 cm³/mol. The highest BCUT2D eigenvalue weighted by Gasteiger charge is 2.11. The first-order valence-corrected chi connectivity index (χ1v) is 7.54. The molecule has 134 valence electrons. The smallest absolute Gasteiger partial charge is 0.344 e. The Kier molecular flexibility index (Phi) is 4.97. The molecule has 0 aliphatic heterocycles. The maximum atomic E-state index is 11.7. The molecule has 0 bridgehead atoms. The molecule has 0 fully saturated rings. The first-order valence-electron chi connectivity index (χ1n) is 7.54. The second-order valence-electron chi connectivity index (χ2n) is 5.29. The molecule has 0 saturated heterocycles. The molecule has 26 heavy (non-hydrogen) atoms. The van der Waals surface area contributed by atoms with Crippen molar-refractivity contribution in [1.29, 1.82) is 0 Å². The van der Waals surface area contributed by atoms with Gasteiger partial charge in [-0.25, -0.2) is 9.59 Å². The van der Waals surface area contributed by atoms with Crippen molar-refractivity contribution in [2.24, 2.45) is 0 Å². The van der Waals surface area contributed by atoms with Crippen molar-refractivity contribution in [1.82, 2.24) is 5.16 Å². The van der Waals surface area contributed by atoms with Crippen molar-refractivity contribution >= 4 is 28.7 Å². The zero-order chi connectivity index (χ0) is 18.5. The molecular weight excluding hydrogens is 344 g/mol. The lowest BCUT2D eigenvalue weighted by molar-refractivity contribution is -0.149. The van der Waals surface area contributed by atoms with Crippen LogP contribution in [-0.2, 0) is 14.3 Å². The van der Waals surface area contributed by atoms with Crippen molar-refractivity contribution in [2.75, 3.05) is 18.5 Å². The van der Waals surface area contributed by atoms with E-state index >= 15 is 0 Å². The number of hydrogen-bond donors (Lipinski definition) is 1. The van der Waals surface area contributed by atoms with Crippen molar-refractivity contribution in [3.63, 3.8) is 0 Å². The number of anilines is 1. The van der Waals surface area contributed by atoms with E-state index in [1.165, 1.54) is 24.5 Å². The maximum absolute atomic E-state index is 11.7. The number of rotatable bonds is 6. The Morgan fingerprint density at radius 2 is 2.04 bits per heavy atom. The van der Waals surface area contributed by atoms with E-state index in [0.29, 0.717) is 11.3 Å². The van der Waals surface area contributed by atoms with Crippen LogP contribution in [0.2, 0.25) is 0 Å². The Balaban J connectivity index is 1.52. The van der Waals surface area contributed by atoms with Crippen LogP contribution < -0.4 is 15.7 Å². The van der Waals surface area contributed by atoms with Crippen molar-refractivity contribution in [3.8, 4) is 5.75 Å². The van der Waals surface area contributed by atoms with E-state index in [9.17, 15) is 14.4 Å². The summed E-state index contributed by atoms with van der Waals surface area (Å²) in [5.74, 6) is -0.744. The summed E-state index contributed by atoms with van der Waals surface area (Å²) in [6, 6.07) is 7.71. The Hall–Kier alpha value is -3.62. The fourth-order valence-corrected chi connectivity index (χ4v) is 2.18. The van der Waals surface area contributed by atoms with E-state index in [1.807, 2.05) is 0 Å². The number of hydrogen-bond acceptors (Lipinski definition) is 8. The summed E-state index contributed by atoms with van der Waals surface area (Å²) in [4.78, 5) is 34.6. The number of aryl methyl sites for hydroxylation is 1. The quantitative estimate of drug-likeness (QED) is 0.521. The van der Waals surface area contributed by atoms with E-state index < -0.39 is 30.7 Å². The zero-order valence-corrected chi connectivity index (χ0v) is 13.7. The number of benzene rings is 1. The van der Waals surface area contributed by atoms with Gasteiger partial charge in [0.25, 0.3) is 5.91 Å². The molecule has 0 unspecified atom stereocenters. The van der Waals surface area contributed by atoms with Crippen LogP contribution in [0.25, 0.3) is 11.0 Å². The van der Waals surface area contributed by atoms with Crippen LogP contribution >= 0.6 is 0 Å². The summed E-state index contributed by atoms with van der Waals surface area (Å²) in [6.07, 6.45) is 1.29. The first kappa shape index (κ1) is 17.2.